The van der Waals surface area contributed by atoms with Crippen molar-refractivity contribution >= 4 is 17.7 Å². The SMILES string of the molecule is O=C([C@H]1CCOC1)N1CC2(C[C@H](Oc3cccnc3)CS2)C1. The first-order valence-corrected chi connectivity index (χ1v) is 8.80. The van der Waals surface area contributed by atoms with Crippen LogP contribution in [-0.2, 0) is 9.53 Å². The zero-order valence-corrected chi connectivity index (χ0v) is 13.3. The van der Waals surface area contributed by atoms with Crippen LogP contribution in [0.2, 0.25) is 0 Å². The minimum Gasteiger partial charge on any atom is -0.488 e. The molecule has 4 rings (SSSR count). The summed E-state index contributed by atoms with van der Waals surface area (Å²) in [6.07, 6.45) is 5.62. The molecule has 0 aromatic carbocycles. The van der Waals surface area contributed by atoms with Crippen molar-refractivity contribution < 1.29 is 14.3 Å². The lowest BCUT2D eigenvalue weighted by Crippen LogP contribution is -2.62. The van der Waals surface area contributed by atoms with Crippen molar-refractivity contribution in [2.45, 2.75) is 23.7 Å². The number of carbonyl (C=O) groups is 1. The van der Waals surface area contributed by atoms with Gasteiger partial charge in [0, 0.05) is 38.1 Å². The Hall–Kier alpha value is -1.27. The van der Waals surface area contributed by atoms with E-state index in [9.17, 15) is 4.79 Å². The zero-order chi connectivity index (χ0) is 15.0. The van der Waals surface area contributed by atoms with Crippen molar-refractivity contribution in [2.75, 3.05) is 32.1 Å². The summed E-state index contributed by atoms with van der Waals surface area (Å²) in [5, 5.41) is 0. The number of carbonyl (C=O) groups excluding carboxylic acids is 1. The fourth-order valence-electron chi connectivity index (χ4n) is 3.50. The number of likely N-dealkylation sites (tertiary alicyclic amines) is 1. The van der Waals surface area contributed by atoms with Gasteiger partial charge in [0.05, 0.1) is 23.5 Å². The second-order valence-corrected chi connectivity index (χ2v) is 7.87. The summed E-state index contributed by atoms with van der Waals surface area (Å²) < 4.78 is 11.5. The van der Waals surface area contributed by atoms with E-state index in [1.54, 1.807) is 12.4 Å². The number of hydrogen-bond acceptors (Lipinski definition) is 5. The standard InChI is InChI=1S/C16H20N2O3S/c19-15(12-3-5-20-8-12)18-10-16(11-18)6-14(9-22-16)21-13-2-1-4-17-7-13/h1-2,4,7,12,14H,3,5-6,8-11H2/t12-,14-/m0/s1. The monoisotopic (exact) mass is 320 g/mol. The Bertz CT molecular complexity index is 542. The van der Waals surface area contributed by atoms with Gasteiger partial charge >= 0.3 is 0 Å². The maximum Gasteiger partial charge on any atom is 0.228 e. The molecule has 118 valence electrons. The number of aromatic nitrogens is 1. The van der Waals surface area contributed by atoms with Crippen molar-refractivity contribution in [1.82, 2.24) is 9.88 Å². The number of nitrogens with zero attached hydrogens (tertiary/aromatic N) is 2. The van der Waals surface area contributed by atoms with E-state index >= 15 is 0 Å². The smallest absolute Gasteiger partial charge is 0.228 e. The molecule has 1 spiro atoms. The number of rotatable bonds is 3. The van der Waals surface area contributed by atoms with Crippen LogP contribution in [0.5, 0.6) is 5.75 Å². The summed E-state index contributed by atoms with van der Waals surface area (Å²) in [6, 6.07) is 3.83. The predicted octanol–water partition coefficient (Wildman–Crippen LogP) is 1.58. The highest BCUT2D eigenvalue weighted by Crippen LogP contribution is 2.46. The molecule has 0 bridgehead atoms. The Kier molecular flexibility index (Phi) is 3.74. The van der Waals surface area contributed by atoms with Crippen molar-refractivity contribution in [3.63, 3.8) is 0 Å². The first-order chi connectivity index (χ1) is 10.7. The van der Waals surface area contributed by atoms with Crippen molar-refractivity contribution in [3.05, 3.63) is 24.5 Å². The first kappa shape index (κ1) is 14.3. The quantitative estimate of drug-likeness (QED) is 0.846. The lowest BCUT2D eigenvalue weighted by molar-refractivity contribution is -0.141. The lowest BCUT2D eigenvalue weighted by Gasteiger charge is -2.48. The molecular weight excluding hydrogens is 300 g/mol. The van der Waals surface area contributed by atoms with Crippen molar-refractivity contribution in [2.24, 2.45) is 5.92 Å². The molecule has 1 amide bonds. The van der Waals surface area contributed by atoms with E-state index in [0.717, 1.165) is 44.0 Å². The van der Waals surface area contributed by atoms with E-state index in [2.05, 4.69) is 4.98 Å². The maximum absolute atomic E-state index is 12.3. The third kappa shape index (κ3) is 2.70. The molecule has 1 aromatic heterocycles. The summed E-state index contributed by atoms with van der Waals surface area (Å²) in [7, 11) is 0. The van der Waals surface area contributed by atoms with E-state index in [1.165, 1.54) is 0 Å². The number of amides is 1. The highest BCUT2D eigenvalue weighted by Gasteiger charge is 2.52. The van der Waals surface area contributed by atoms with Crippen molar-refractivity contribution in [3.8, 4) is 5.75 Å². The summed E-state index contributed by atoms with van der Waals surface area (Å²) >= 11 is 1.95. The van der Waals surface area contributed by atoms with E-state index in [0.29, 0.717) is 6.61 Å². The topological polar surface area (TPSA) is 51.7 Å². The van der Waals surface area contributed by atoms with Crippen molar-refractivity contribution in [1.29, 1.82) is 0 Å². The highest BCUT2D eigenvalue weighted by molar-refractivity contribution is 8.01. The van der Waals surface area contributed by atoms with E-state index in [-0.39, 0.29) is 22.7 Å². The third-order valence-electron chi connectivity index (χ3n) is 4.66. The van der Waals surface area contributed by atoms with Gasteiger partial charge in [-0.2, -0.15) is 0 Å². The minimum absolute atomic E-state index is 0.0891. The summed E-state index contributed by atoms with van der Waals surface area (Å²) in [4.78, 5) is 18.4. The molecule has 0 N–H and O–H groups in total. The molecule has 1 aromatic rings. The number of ether oxygens (including phenoxy) is 2. The molecule has 6 heteroatoms. The molecule has 0 aliphatic carbocycles. The maximum atomic E-state index is 12.3. The van der Waals surface area contributed by atoms with Crippen LogP contribution in [0.1, 0.15) is 12.8 Å². The van der Waals surface area contributed by atoms with Crippen LogP contribution in [0, 0.1) is 5.92 Å². The molecule has 2 atom stereocenters. The second kappa shape index (κ2) is 5.74. The van der Waals surface area contributed by atoms with Crippen LogP contribution < -0.4 is 4.74 Å². The predicted molar refractivity (Wildman–Crippen MR) is 84.0 cm³/mol. The van der Waals surface area contributed by atoms with Crippen LogP contribution in [0.3, 0.4) is 0 Å². The molecule has 3 aliphatic rings. The van der Waals surface area contributed by atoms with Gasteiger partial charge in [0.25, 0.3) is 0 Å². The Labute approximate surface area is 134 Å². The average molecular weight is 320 g/mol. The largest absolute Gasteiger partial charge is 0.488 e. The van der Waals surface area contributed by atoms with Gasteiger partial charge in [-0.25, -0.2) is 0 Å². The van der Waals surface area contributed by atoms with Gasteiger partial charge in [0.2, 0.25) is 5.91 Å². The van der Waals surface area contributed by atoms with E-state index in [1.807, 2.05) is 28.8 Å². The molecule has 4 heterocycles. The van der Waals surface area contributed by atoms with Gasteiger partial charge < -0.3 is 14.4 Å². The second-order valence-electron chi connectivity index (χ2n) is 6.38. The number of hydrogen-bond donors (Lipinski definition) is 0. The highest BCUT2D eigenvalue weighted by atomic mass is 32.2. The molecule has 0 saturated carbocycles. The summed E-state index contributed by atoms with van der Waals surface area (Å²) in [5.41, 5.74) is 0. The van der Waals surface area contributed by atoms with Crippen LogP contribution in [0.25, 0.3) is 0 Å². The van der Waals surface area contributed by atoms with Gasteiger partial charge in [-0.15, -0.1) is 11.8 Å². The molecule has 5 nitrogen and oxygen atoms in total. The minimum atomic E-state index is 0.0891. The Morgan fingerprint density at radius 3 is 3.14 bits per heavy atom. The van der Waals surface area contributed by atoms with Gasteiger partial charge in [-0.3, -0.25) is 9.78 Å². The van der Waals surface area contributed by atoms with E-state index in [4.69, 9.17) is 9.47 Å². The molecule has 3 saturated heterocycles. The fourth-order valence-corrected chi connectivity index (χ4v) is 5.02. The number of pyridine rings is 1. The first-order valence-electron chi connectivity index (χ1n) is 7.81. The van der Waals surface area contributed by atoms with Crippen LogP contribution >= 0.6 is 11.8 Å². The van der Waals surface area contributed by atoms with Crippen LogP contribution in [0.15, 0.2) is 24.5 Å². The molecular formula is C16H20N2O3S. The molecule has 3 aliphatic heterocycles. The Morgan fingerprint density at radius 1 is 1.50 bits per heavy atom. The Morgan fingerprint density at radius 2 is 2.41 bits per heavy atom. The van der Waals surface area contributed by atoms with Gasteiger partial charge in [0.15, 0.2) is 0 Å². The molecule has 0 unspecified atom stereocenters. The third-order valence-corrected chi connectivity index (χ3v) is 6.24. The van der Waals surface area contributed by atoms with E-state index < -0.39 is 0 Å². The Balaban J connectivity index is 1.29. The molecule has 3 fully saturated rings. The normalized spacial score (nSPS) is 29.5. The average Bonchev–Trinajstić information content (AvgIpc) is 3.16. The lowest BCUT2D eigenvalue weighted by atomic mass is 9.91. The van der Waals surface area contributed by atoms with Gasteiger partial charge in [-0.1, -0.05) is 0 Å². The van der Waals surface area contributed by atoms with Crippen LogP contribution in [-0.4, -0.2) is 58.7 Å². The molecule has 22 heavy (non-hydrogen) atoms. The molecule has 0 radical (unpaired) electrons. The van der Waals surface area contributed by atoms with Gasteiger partial charge in [0.1, 0.15) is 11.9 Å². The van der Waals surface area contributed by atoms with Gasteiger partial charge in [-0.05, 0) is 18.6 Å². The zero-order valence-electron chi connectivity index (χ0n) is 12.4. The summed E-state index contributed by atoms with van der Waals surface area (Å²) in [6.45, 7) is 3.05. The fraction of sp³-hybridized carbons (Fsp3) is 0.625. The van der Waals surface area contributed by atoms with Crippen LogP contribution in [0.4, 0.5) is 0 Å². The number of thioether (sulfide) groups is 1. The summed E-state index contributed by atoms with van der Waals surface area (Å²) in [5.74, 6) is 2.19.